The average molecular weight is 568 g/mol. The molecule has 1 saturated heterocycles. The van der Waals surface area contributed by atoms with Gasteiger partial charge in [0.1, 0.15) is 24.0 Å². The summed E-state index contributed by atoms with van der Waals surface area (Å²) in [6.45, 7) is 3.72. The van der Waals surface area contributed by atoms with Gasteiger partial charge in [-0.05, 0) is 32.9 Å². The van der Waals surface area contributed by atoms with Gasteiger partial charge in [0.05, 0.1) is 26.7 Å². The topological polar surface area (TPSA) is 182 Å². The van der Waals surface area contributed by atoms with Crippen molar-refractivity contribution in [3.05, 3.63) is 36.7 Å². The molecule has 6 atom stereocenters. The van der Waals surface area contributed by atoms with Crippen LogP contribution in [0.2, 0.25) is 0 Å². The minimum atomic E-state index is -4.27. The highest BCUT2D eigenvalue weighted by Crippen LogP contribution is 2.48. The summed E-state index contributed by atoms with van der Waals surface area (Å²) in [5.41, 5.74) is 3.71. The van der Waals surface area contributed by atoms with Crippen molar-refractivity contribution < 1.29 is 42.1 Å². The zero-order valence-corrected chi connectivity index (χ0v) is 22.6. The van der Waals surface area contributed by atoms with Crippen LogP contribution in [0, 0.1) is 0 Å². The number of halogens is 1. The highest BCUT2D eigenvalue weighted by atomic mass is 31.2. The number of esters is 1. The van der Waals surface area contributed by atoms with Crippen molar-refractivity contribution in [2.75, 3.05) is 26.1 Å². The van der Waals surface area contributed by atoms with Crippen LogP contribution >= 0.6 is 7.75 Å². The lowest BCUT2D eigenvalue weighted by Gasteiger charge is -2.25. The number of methoxy groups -OCH3 is 1. The summed E-state index contributed by atoms with van der Waals surface area (Å²) in [4.78, 5) is 24.4. The van der Waals surface area contributed by atoms with Crippen molar-refractivity contribution in [3.8, 4) is 11.6 Å². The molecule has 212 valence electrons. The Balaban J connectivity index is 1.57. The van der Waals surface area contributed by atoms with E-state index in [4.69, 9.17) is 29.0 Å². The number of fused-ring (bicyclic) bond motifs is 1. The second kappa shape index (κ2) is 11.4. The maximum atomic E-state index is 15.9. The first-order valence-corrected chi connectivity index (χ1v) is 13.5. The van der Waals surface area contributed by atoms with Crippen molar-refractivity contribution in [2.45, 2.75) is 50.9 Å². The van der Waals surface area contributed by atoms with Gasteiger partial charge >= 0.3 is 13.7 Å². The number of carbonyl (C=O) groups excluding carboxylic acids is 1. The van der Waals surface area contributed by atoms with Gasteiger partial charge in [0.15, 0.2) is 23.1 Å². The van der Waals surface area contributed by atoms with Crippen molar-refractivity contribution in [2.24, 2.45) is 0 Å². The number of hydrogen-bond donors (Lipinski definition) is 3. The zero-order chi connectivity index (χ0) is 28.4. The number of carbonyl (C=O) groups is 1. The van der Waals surface area contributed by atoms with E-state index in [0.29, 0.717) is 0 Å². The molecule has 0 saturated carbocycles. The number of nitrogen functional groups attached to an aromatic ring is 1. The van der Waals surface area contributed by atoms with Gasteiger partial charge in [-0.25, -0.2) is 13.9 Å². The van der Waals surface area contributed by atoms with Crippen LogP contribution in [0.3, 0.4) is 0 Å². The standard InChI is InChI=1S/C23H30FN6O8P/c1-5-35-20(32)13(2)29-39(33,38-14-9-7-6-8-10-14)36-11-15-17(31)23(3,24)21(37-15)30-12-26-16-18(30)27-22(25)28-19(16)34-4/h6-10,12-13,15,17,21,31H,5,11H2,1-4H3,(H,29,33)(H2,25,27,28)/t13-,15+,17+,21+,23+,39?/m0/s1. The first-order valence-electron chi connectivity index (χ1n) is 12.0. The smallest absolute Gasteiger partial charge is 0.459 e. The predicted molar refractivity (Wildman–Crippen MR) is 136 cm³/mol. The number of para-hydroxylation sites is 1. The van der Waals surface area contributed by atoms with E-state index in [-0.39, 0.29) is 35.3 Å². The SMILES string of the molecule is CCOC(=O)[C@H](C)NP(=O)(OC[C@H]1O[C@@H](n2cnc3c(OC)nc(N)nc32)[C@](C)(F)[C@@H]1O)Oc1ccccc1. The molecule has 3 aromatic rings. The molecule has 1 aromatic carbocycles. The lowest BCUT2D eigenvalue weighted by Crippen LogP contribution is -2.41. The van der Waals surface area contributed by atoms with E-state index in [2.05, 4.69) is 20.0 Å². The number of aliphatic hydroxyl groups excluding tert-OH is 1. The van der Waals surface area contributed by atoms with Gasteiger partial charge in [0, 0.05) is 0 Å². The number of alkyl halides is 1. The molecule has 14 nitrogen and oxygen atoms in total. The largest absolute Gasteiger partial charge is 0.479 e. The third-order valence-electron chi connectivity index (χ3n) is 5.94. The van der Waals surface area contributed by atoms with Crippen LogP contribution in [0.4, 0.5) is 10.3 Å². The third-order valence-corrected chi connectivity index (χ3v) is 7.58. The Bertz CT molecular complexity index is 1360. The summed E-state index contributed by atoms with van der Waals surface area (Å²) < 4.78 is 57.9. The van der Waals surface area contributed by atoms with Crippen LogP contribution in [0.1, 0.15) is 27.0 Å². The lowest BCUT2D eigenvalue weighted by atomic mass is 9.98. The van der Waals surface area contributed by atoms with Crippen molar-refractivity contribution in [1.29, 1.82) is 0 Å². The van der Waals surface area contributed by atoms with Gasteiger partial charge in [0.2, 0.25) is 11.8 Å². The number of imidazole rings is 1. The second-order valence-corrected chi connectivity index (χ2v) is 10.5. The number of nitrogens with two attached hydrogens (primary N) is 1. The molecule has 1 aliphatic heterocycles. The number of ether oxygens (including phenoxy) is 3. The molecule has 4 N–H and O–H groups in total. The quantitative estimate of drug-likeness (QED) is 0.226. The fourth-order valence-corrected chi connectivity index (χ4v) is 5.51. The Labute approximate surface area is 223 Å². The summed E-state index contributed by atoms with van der Waals surface area (Å²) >= 11 is 0. The molecule has 0 aliphatic carbocycles. The van der Waals surface area contributed by atoms with Crippen LogP contribution < -0.4 is 20.1 Å². The molecule has 0 amide bonds. The highest BCUT2D eigenvalue weighted by Gasteiger charge is 2.56. The minimum absolute atomic E-state index is 0.0797. The number of aromatic nitrogens is 4. The Morgan fingerprint density at radius 3 is 2.74 bits per heavy atom. The van der Waals surface area contributed by atoms with E-state index in [1.807, 2.05) is 0 Å². The van der Waals surface area contributed by atoms with Crippen molar-refractivity contribution >= 4 is 30.8 Å². The number of anilines is 1. The molecule has 2 aromatic heterocycles. The zero-order valence-electron chi connectivity index (χ0n) is 21.7. The van der Waals surface area contributed by atoms with Crippen LogP contribution in [0.25, 0.3) is 11.2 Å². The van der Waals surface area contributed by atoms with Gasteiger partial charge in [-0.2, -0.15) is 15.1 Å². The van der Waals surface area contributed by atoms with Gasteiger partial charge < -0.3 is 29.6 Å². The summed E-state index contributed by atoms with van der Waals surface area (Å²) in [5, 5.41) is 13.3. The fraction of sp³-hybridized carbons (Fsp3) is 0.478. The van der Waals surface area contributed by atoms with Crippen LogP contribution in [-0.2, 0) is 23.4 Å². The van der Waals surface area contributed by atoms with Gasteiger partial charge in [-0.15, -0.1) is 0 Å². The lowest BCUT2D eigenvalue weighted by molar-refractivity contribution is -0.144. The molecule has 1 unspecified atom stereocenters. The van der Waals surface area contributed by atoms with E-state index in [1.165, 1.54) is 37.1 Å². The number of aliphatic hydroxyl groups is 1. The molecular weight excluding hydrogens is 538 g/mol. The Kier molecular flexibility index (Phi) is 8.37. The number of nitrogens with zero attached hydrogens (tertiary/aromatic N) is 4. The molecule has 16 heteroatoms. The van der Waals surface area contributed by atoms with Crippen molar-refractivity contribution in [3.63, 3.8) is 0 Å². The van der Waals surface area contributed by atoms with Crippen LogP contribution in [-0.4, -0.2) is 74.8 Å². The van der Waals surface area contributed by atoms with E-state index < -0.39 is 50.5 Å². The van der Waals surface area contributed by atoms with Crippen LogP contribution in [0.5, 0.6) is 11.6 Å². The number of nitrogens with one attached hydrogen (secondary N) is 1. The first-order chi connectivity index (χ1) is 18.5. The Morgan fingerprint density at radius 2 is 2.08 bits per heavy atom. The van der Waals surface area contributed by atoms with Gasteiger partial charge in [0.25, 0.3) is 0 Å². The highest BCUT2D eigenvalue weighted by molar-refractivity contribution is 7.52. The maximum Gasteiger partial charge on any atom is 0.459 e. The van der Waals surface area contributed by atoms with E-state index >= 15 is 4.39 Å². The Morgan fingerprint density at radius 1 is 1.36 bits per heavy atom. The molecule has 4 rings (SSSR count). The van der Waals surface area contributed by atoms with Gasteiger partial charge in [-0.1, -0.05) is 18.2 Å². The number of hydrogen-bond acceptors (Lipinski definition) is 12. The first kappa shape index (κ1) is 28.6. The normalized spacial score (nSPS) is 25.2. The van der Waals surface area contributed by atoms with E-state index in [9.17, 15) is 14.5 Å². The molecule has 0 spiro atoms. The van der Waals surface area contributed by atoms with Crippen LogP contribution in [0.15, 0.2) is 36.7 Å². The summed E-state index contributed by atoms with van der Waals surface area (Å²) in [6.07, 6.45) is -3.21. The molecule has 1 aliphatic rings. The third kappa shape index (κ3) is 5.97. The maximum absolute atomic E-state index is 15.9. The molecule has 0 bridgehead atoms. The summed E-state index contributed by atoms with van der Waals surface area (Å²) in [7, 11) is -2.90. The predicted octanol–water partition coefficient (Wildman–Crippen LogP) is 2.15. The van der Waals surface area contributed by atoms with Crippen molar-refractivity contribution in [1.82, 2.24) is 24.6 Å². The molecular formula is C23H30FN6O8P. The monoisotopic (exact) mass is 568 g/mol. The summed E-state index contributed by atoms with van der Waals surface area (Å²) in [5.74, 6) is -0.561. The number of rotatable bonds is 11. The molecule has 0 radical (unpaired) electrons. The molecule has 3 heterocycles. The number of benzene rings is 1. The minimum Gasteiger partial charge on any atom is -0.479 e. The van der Waals surface area contributed by atoms with Gasteiger partial charge in [-0.3, -0.25) is 13.9 Å². The Hall–Kier alpha value is -3.36. The fourth-order valence-electron chi connectivity index (χ4n) is 4.01. The molecule has 39 heavy (non-hydrogen) atoms. The van der Waals surface area contributed by atoms with E-state index in [0.717, 1.165) is 6.92 Å². The average Bonchev–Trinajstić information content (AvgIpc) is 3.40. The summed E-state index contributed by atoms with van der Waals surface area (Å²) in [6, 6.07) is 7.02. The molecule has 1 fully saturated rings. The van der Waals surface area contributed by atoms with E-state index in [1.54, 1.807) is 25.1 Å². The second-order valence-electron chi connectivity index (χ2n) is 8.84.